The number of benzene rings is 1. The first-order chi connectivity index (χ1) is 11.7. The molecule has 1 heterocycles. The normalized spacial score (nSPS) is 11.7. The molecule has 2 aromatic rings. The van der Waals surface area contributed by atoms with Gasteiger partial charge in [0, 0.05) is 12.7 Å². The van der Waals surface area contributed by atoms with E-state index in [9.17, 15) is 13.2 Å². The SMILES string of the molecule is COc1c(CN=C(N)Nc2ccc(OC(F)(F)F)cc2)c(C)nn1C.I. The highest BCUT2D eigenvalue weighted by atomic mass is 127. The smallest absolute Gasteiger partial charge is 0.481 e. The van der Waals surface area contributed by atoms with E-state index >= 15 is 0 Å². The molecule has 0 radical (unpaired) electrons. The van der Waals surface area contributed by atoms with E-state index in [4.69, 9.17) is 10.5 Å². The molecule has 144 valence electrons. The molecule has 11 heteroatoms. The topological polar surface area (TPSA) is 86.7 Å². The molecule has 3 N–H and O–H groups in total. The van der Waals surface area contributed by atoms with Crippen LogP contribution in [0.15, 0.2) is 29.3 Å². The first kappa shape index (κ1) is 21.9. The molecule has 0 aliphatic rings. The number of aryl methyl sites for hydroxylation is 2. The van der Waals surface area contributed by atoms with Crippen molar-refractivity contribution in [2.75, 3.05) is 12.4 Å². The molecule has 0 atom stereocenters. The Morgan fingerprint density at radius 2 is 1.92 bits per heavy atom. The summed E-state index contributed by atoms with van der Waals surface area (Å²) < 4.78 is 47.0. The number of aromatic nitrogens is 2. The number of guanidine groups is 1. The molecule has 0 spiro atoms. The number of methoxy groups -OCH3 is 1. The van der Waals surface area contributed by atoms with Gasteiger partial charge >= 0.3 is 6.36 Å². The summed E-state index contributed by atoms with van der Waals surface area (Å²) in [6.45, 7) is 2.08. The number of anilines is 1. The summed E-state index contributed by atoms with van der Waals surface area (Å²) in [4.78, 5) is 4.19. The third-order valence-electron chi connectivity index (χ3n) is 3.25. The Hall–Kier alpha value is -2.18. The van der Waals surface area contributed by atoms with Gasteiger partial charge in [-0.1, -0.05) is 0 Å². The Bertz CT molecular complexity index is 760. The van der Waals surface area contributed by atoms with Gasteiger partial charge in [-0.15, -0.1) is 37.1 Å². The van der Waals surface area contributed by atoms with Gasteiger partial charge in [0.1, 0.15) is 5.75 Å². The molecule has 0 aliphatic carbocycles. The van der Waals surface area contributed by atoms with Crippen LogP contribution in [0, 0.1) is 6.92 Å². The maximum Gasteiger partial charge on any atom is 0.573 e. The average molecular weight is 485 g/mol. The molecule has 7 nitrogen and oxygen atoms in total. The summed E-state index contributed by atoms with van der Waals surface area (Å²) in [7, 11) is 3.29. The van der Waals surface area contributed by atoms with Gasteiger partial charge in [0.05, 0.1) is 24.9 Å². The van der Waals surface area contributed by atoms with Crippen LogP contribution in [0.5, 0.6) is 11.6 Å². The number of rotatable bonds is 5. The van der Waals surface area contributed by atoms with E-state index in [1.54, 1.807) is 11.7 Å². The highest BCUT2D eigenvalue weighted by Crippen LogP contribution is 2.24. The summed E-state index contributed by atoms with van der Waals surface area (Å²) in [5.41, 5.74) is 7.84. The van der Waals surface area contributed by atoms with Gasteiger partial charge in [-0.05, 0) is 31.2 Å². The summed E-state index contributed by atoms with van der Waals surface area (Å²) in [5.74, 6) is 0.377. The Balaban J connectivity index is 0.00000338. The molecule has 0 fully saturated rings. The van der Waals surface area contributed by atoms with Crippen LogP contribution in [-0.4, -0.2) is 29.2 Å². The fraction of sp³-hybridized carbons (Fsp3) is 0.333. The van der Waals surface area contributed by atoms with Crippen molar-refractivity contribution < 1.29 is 22.6 Å². The van der Waals surface area contributed by atoms with Gasteiger partial charge in [0.25, 0.3) is 0 Å². The van der Waals surface area contributed by atoms with Crippen LogP contribution in [-0.2, 0) is 13.6 Å². The molecule has 0 unspecified atom stereocenters. The monoisotopic (exact) mass is 485 g/mol. The van der Waals surface area contributed by atoms with E-state index < -0.39 is 6.36 Å². The van der Waals surface area contributed by atoms with Crippen LogP contribution in [0.2, 0.25) is 0 Å². The number of ether oxygens (including phenoxy) is 2. The van der Waals surface area contributed by atoms with Crippen molar-refractivity contribution in [1.29, 1.82) is 0 Å². The lowest BCUT2D eigenvalue weighted by atomic mass is 10.2. The number of alkyl halides is 3. The first-order valence-electron chi connectivity index (χ1n) is 7.19. The molecule has 1 aromatic heterocycles. The number of hydrogen-bond donors (Lipinski definition) is 2. The molecule has 0 saturated heterocycles. The van der Waals surface area contributed by atoms with Crippen molar-refractivity contribution in [2.45, 2.75) is 19.8 Å². The predicted molar refractivity (Wildman–Crippen MR) is 102 cm³/mol. The largest absolute Gasteiger partial charge is 0.573 e. The molecular formula is C15H19F3IN5O2. The van der Waals surface area contributed by atoms with E-state index in [-0.39, 0.29) is 42.2 Å². The molecule has 0 saturated carbocycles. The van der Waals surface area contributed by atoms with Crippen LogP contribution in [0.4, 0.5) is 18.9 Å². The zero-order valence-corrected chi connectivity index (χ0v) is 16.6. The van der Waals surface area contributed by atoms with Crippen LogP contribution < -0.4 is 20.5 Å². The van der Waals surface area contributed by atoms with Crippen molar-refractivity contribution in [3.8, 4) is 11.6 Å². The summed E-state index contributed by atoms with van der Waals surface area (Å²) in [5, 5.41) is 7.03. The Kier molecular flexibility index (Phi) is 7.54. The van der Waals surface area contributed by atoms with Gasteiger partial charge in [0.2, 0.25) is 5.88 Å². The second-order valence-corrected chi connectivity index (χ2v) is 5.10. The third kappa shape index (κ3) is 5.97. The Labute approximate surface area is 165 Å². The summed E-state index contributed by atoms with van der Waals surface area (Å²) in [6, 6.07) is 5.16. The van der Waals surface area contributed by atoms with Gasteiger partial charge < -0.3 is 20.5 Å². The van der Waals surface area contributed by atoms with Crippen molar-refractivity contribution in [1.82, 2.24) is 9.78 Å². The maximum atomic E-state index is 12.1. The second-order valence-electron chi connectivity index (χ2n) is 5.10. The quantitative estimate of drug-likeness (QED) is 0.386. The van der Waals surface area contributed by atoms with Crippen molar-refractivity contribution in [3.05, 3.63) is 35.5 Å². The number of aliphatic imine (C=N–C) groups is 1. The summed E-state index contributed by atoms with van der Waals surface area (Å²) in [6.07, 6.45) is -4.73. The molecule has 0 aliphatic heterocycles. The lowest BCUT2D eigenvalue weighted by molar-refractivity contribution is -0.274. The number of nitrogens with two attached hydrogens (primary N) is 1. The van der Waals surface area contributed by atoms with E-state index in [0.29, 0.717) is 11.6 Å². The van der Waals surface area contributed by atoms with Crippen LogP contribution in [0.25, 0.3) is 0 Å². The zero-order valence-electron chi connectivity index (χ0n) is 14.3. The predicted octanol–water partition coefficient (Wildman–Crippen LogP) is 3.18. The van der Waals surface area contributed by atoms with Gasteiger partial charge in [-0.2, -0.15) is 5.10 Å². The molecule has 0 bridgehead atoms. The fourth-order valence-electron chi connectivity index (χ4n) is 2.21. The second kappa shape index (κ2) is 8.96. The number of nitrogens with zero attached hydrogens (tertiary/aromatic N) is 3. The molecule has 2 rings (SSSR count). The first-order valence-corrected chi connectivity index (χ1v) is 7.19. The lowest BCUT2D eigenvalue weighted by Gasteiger charge is -2.10. The fourth-order valence-corrected chi connectivity index (χ4v) is 2.21. The van der Waals surface area contributed by atoms with E-state index in [1.807, 2.05) is 6.92 Å². The summed E-state index contributed by atoms with van der Waals surface area (Å²) >= 11 is 0. The standard InChI is InChI=1S/C15H18F3N5O2.HI/c1-9-12(13(24-3)23(2)22-9)8-20-14(19)21-10-4-6-11(7-5-10)25-15(16,17)18;/h4-7H,8H2,1-3H3,(H3,19,20,21);1H. The number of hydrogen-bond acceptors (Lipinski definition) is 4. The highest BCUT2D eigenvalue weighted by Gasteiger charge is 2.30. The molecule has 0 amide bonds. The van der Waals surface area contributed by atoms with Crippen molar-refractivity contribution in [2.24, 2.45) is 17.8 Å². The Morgan fingerprint density at radius 1 is 1.31 bits per heavy atom. The number of nitrogens with one attached hydrogen (secondary N) is 1. The highest BCUT2D eigenvalue weighted by molar-refractivity contribution is 14.0. The average Bonchev–Trinajstić information content (AvgIpc) is 2.78. The van der Waals surface area contributed by atoms with Gasteiger partial charge in [-0.3, -0.25) is 0 Å². The van der Waals surface area contributed by atoms with Crippen molar-refractivity contribution in [3.63, 3.8) is 0 Å². The van der Waals surface area contributed by atoms with E-state index in [1.165, 1.54) is 31.4 Å². The van der Waals surface area contributed by atoms with Gasteiger partial charge in [-0.25, -0.2) is 9.67 Å². The van der Waals surface area contributed by atoms with Crippen molar-refractivity contribution >= 4 is 35.6 Å². The number of halogens is 4. The third-order valence-corrected chi connectivity index (χ3v) is 3.25. The lowest BCUT2D eigenvalue weighted by Crippen LogP contribution is -2.22. The van der Waals surface area contributed by atoms with E-state index in [0.717, 1.165) is 11.3 Å². The minimum atomic E-state index is -4.73. The molecule has 1 aromatic carbocycles. The van der Waals surface area contributed by atoms with Crippen LogP contribution >= 0.6 is 24.0 Å². The minimum absolute atomic E-state index is 0. The Morgan fingerprint density at radius 3 is 2.46 bits per heavy atom. The molecular weight excluding hydrogens is 466 g/mol. The van der Waals surface area contributed by atoms with Crippen LogP contribution in [0.3, 0.4) is 0 Å². The van der Waals surface area contributed by atoms with E-state index in [2.05, 4.69) is 20.1 Å². The van der Waals surface area contributed by atoms with Gasteiger partial charge in [0.15, 0.2) is 5.96 Å². The maximum absolute atomic E-state index is 12.1. The van der Waals surface area contributed by atoms with Crippen LogP contribution in [0.1, 0.15) is 11.3 Å². The molecule has 26 heavy (non-hydrogen) atoms. The minimum Gasteiger partial charge on any atom is -0.481 e. The zero-order chi connectivity index (χ0) is 18.6.